The molecule has 0 aliphatic carbocycles. The summed E-state index contributed by atoms with van der Waals surface area (Å²) in [5, 5.41) is 0. The summed E-state index contributed by atoms with van der Waals surface area (Å²) in [7, 11) is 0. The summed E-state index contributed by atoms with van der Waals surface area (Å²) in [6.07, 6.45) is -4.84. The van der Waals surface area contributed by atoms with Gasteiger partial charge in [0.1, 0.15) is 0 Å². The SMILES string of the molecule is FCOC1OCC2(CO1)COC(OC(F)(F)F)OC2. The minimum Gasteiger partial charge on any atom is -0.329 e. The van der Waals surface area contributed by atoms with Crippen LogP contribution in [0, 0.1) is 5.41 Å². The highest BCUT2D eigenvalue weighted by atomic mass is 19.4. The molecule has 112 valence electrons. The second-order valence-electron chi connectivity index (χ2n) is 4.16. The Morgan fingerprint density at radius 2 is 1.42 bits per heavy atom. The van der Waals surface area contributed by atoms with Crippen LogP contribution in [0.25, 0.3) is 0 Å². The molecular formula is C9H12F4O6. The average Bonchev–Trinajstić information content (AvgIpc) is 2.34. The lowest BCUT2D eigenvalue weighted by Crippen LogP contribution is -2.53. The lowest BCUT2D eigenvalue weighted by atomic mass is 9.91. The normalized spacial score (nSPS) is 36.6. The van der Waals surface area contributed by atoms with Crippen molar-refractivity contribution < 1.29 is 46.0 Å². The zero-order valence-electron chi connectivity index (χ0n) is 9.65. The molecule has 19 heavy (non-hydrogen) atoms. The molecule has 0 aromatic heterocycles. The third-order valence-corrected chi connectivity index (χ3v) is 2.53. The predicted octanol–water partition coefficient (Wildman–Crippen LogP) is 1.11. The lowest BCUT2D eigenvalue weighted by Gasteiger charge is -2.42. The minimum atomic E-state index is -4.84. The number of ether oxygens (including phenoxy) is 6. The molecule has 2 rings (SSSR count). The molecule has 0 radical (unpaired) electrons. The maximum absolute atomic E-state index is 11.9. The quantitative estimate of drug-likeness (QED) is 0.726. The maximum atomic E-state index is 11.9. The fraction of sp³-hybridized carbons (Fsp3) is 1.00. The van der Waals surface area contributed by atoms with E-state index in [2.05, 4.69) is 9.47 Å². The summed E-state index contributed by atoms with van der Waals surface area (Å²) in [6, 6.07) is 0. The second-order valence-corrected chi connectivity index (χ2v) is 4.16. The van der Waals surface area contributed by atoms with Gasteiger partial charge in [0.25, 0.3) is 13.0 Å². The van der Waals surface area contributed by atoms with Gasteiger partial charge in [-0.3, -0.25) is 4.74 Å². The molecule has 2 aliphatic rings. The van der Waals surface area contributed by atoms with Gasteiger partial charge in [-0.15, -0.1) is 13.2 Å². The fourth-order valence-corrected chi connectivity index (χ4v) is 1.65. The predicted molar refractivity (Wildman–Crippen MR) is 48.0 cm³/mol. The van der Waals surface area contributed by atoms with Gasteiger partial charge in [0.05, 0.1) is 31.8 Å². The Hall–Kier alpha value is -0.520. The number of hydrogen-bond acceptors (Lipinski definition) is 6. The summed E-state index contributed by atoms with van der Waals surface area (Å²) in [6.45, 7) is -4.09. The molecule has 2 saturated heterocycles. The molecule has 0 N–H and O–H groups in total. The van der Waals surface area contributed by atoms with Crippen LogP contribution in [0.1, 0.15) is 0 Å². The standard InChI is InChI=1S/C9H12F4O6/c10-5-18-6-14-1-8(2-15-6)3-16-7(17-4-8)19-9(11,12)13/h6-7H,1-5H2. The summed E-state index contributed by atoms with van der Waals surface area (Å²) < 4.78 is 75.3. The van der Waals surface area contributed by atoms with Crippen LogP contribution >= 0.6 is 0 Å². The third-order valence-electron chi connectivity index (χ3n) is 2.53. The Bertz CT molecular complexity index is 281. The molecule has 0 saturated carbocycles. The van der Waals surface area contributed by atoms with Crippen LogP contribution in [0.15, 0.2) is 0 Å². The van der Waals surface area contributed by atoms with Gasteiger partial charge in [0.15, 0.2) is 6.86 Å². The molecule has 2 heterocycles. The van der Waals surface area contributed by atoms with E-state index < -0.39 is 31.6 Å². The summed E-state index contributed by atoms with van der Waals surface area (Å²) in [4.78, 5) is 0. The van der Waals surface area contributed by atoms with E-state index in [4.69, 9.17) is 18.9 Å². The fourth-order valence-electron chi connectivity index (χ4n) is 1.65. The summed E-state index contributed by atoms with van der Waals surface area (Å²) in [5.41, 5.74) is -0.748. The number of alkyl halides is 4. The molecule has 6 nitrogen and oxygen atoms in total. The average molecular weight is 292 g/mol. The van der Waals surface area contributed by atoms with E-state index in [0.29, 0.717) is 0 Å². The number of rotatable bonds is 3. The molecule has 2 aliphatic heterocycles. The summed E-state index contributed by atoms with van der Waals surface area (Å²) >= 11 is 0. The van der Waals surface area contributed by atoms with E-state index in [1.54, 1.807) is 0 Å². The van der Waals surface area contributed by atoms with Crippen LogP contribution in [0.2, 0.25) is 0 Å². The molecule has 1 spiro atoms. The first-order valence-electron chi connectivity index (χ1n) is 5.31. The number of hydrogen-bond donors (Lipinski definition) is 0. The van der Waals surface area contributed by atoms with Crippen LogP contribution in [0.3, 0.4) is 0 Å². The van der Waals surface area contributed by atoms with Gasteiger partial charge in [-0.2, -0.15) is 0 Å². The Morgan fingerprint density at radius 1 is 0.947 bits per heavy atom. The highest BCUT2D eigenvalue weighted by molar-refractivity contribution is 4.82. The van der Waals surface area contributed by atoms with Crippen LogP contribution in [0.5, 0.6) is 0 Å². The van der Waals surface area contributed by atoms with Crippen LogP contribution in [0.4, 0.5) is 17.6 Å². The van der Waals surface area contributed by atoms with Crippen LogP contribution in [-0.4, -0.2) is 52.6 Å². The van der Waals surface area contributed by atoms with Gasteiger partial charge in [-0.1, -0.05) is 0 Å². The van der Waals surface area contributed by atoms with Crippen LogP contribution < -0.4 is 0 Å². The van der Waals surface area contributed by atoms with Crippen molar-refractivity contribution in [2.75, 3.05) is 33.3 Å². The largest absolute Gasteiger partial charge is 0.526 e. The van der Waals surface area contributed by atoms with Crippen LogP contribution in [-0.2, 0) is 28.4 Å². The van der Waals surface area contributed by atoms with E-state index in [1.165, 1.54) is 0 Å². The second kappa shape index (κ2) is 5.85. The zero-order chi connectivity index (χ0) is 13.9. The van der Waals surface area contributed by atoms with Crippen molar-refractivity contribution in [3.8, 4) is 0 Å². The third kappa shape index (κ3) is 4.23. The van der Waals surface area contributed by atoms with Crippen molar-refractivity contribution in [3.63, 3.8) is 0 Å². The first-order chi connectivity index (χ1) is 8.92. The van der Waals surface area contributed by atoms with Crippen molar-refractivity contribution in [2.24, 2.45) is 5.41 Å². The first-order valence-corrected chi connectivity index (χ1v) is 5.31. The van der Waals surface area contributed by atoms with E-state index in [0.717, 1.165) is 0 Å². The lowest BCUT2D eigenvalue weighted by molar-refractivity contribution is -0.458. The van der Waals surface area contributed by atoms with Gasteiger partial charge >= 0.3 is 6.36 Å². The Labute approximate surface area is 105 Å². The van der Waals surface area contributed by atoms with Gasteiger partial charge < -0.3 is 18.9 Å². The highest BCUT2D eigenvalue weighted by Crippen LogP contribution is 2.32. The highest BCUT2D eigenvalue weighted by Gasteiger charge is 2.45. The number of halogens is 4. The molecule has 0 aromatic rings. The topological polar surface area (TPSA) is 55.4 Å². The van der Waals surface area contributed by atoms with Gasteiger partial charge in [-0.25, -0.2) is 9.13 Å². The van der Waals surface area contributed by atoms with E-state index >= 15 is 0 Å². The first kappa shape index (κ1) is 14.9. The van der Waals surface area contributed by atoms with Gasteiger partial charge in [0, 0.05) is 0 Å². The minimum absolute atomic E-state index is 0.0520. The molecule has 0 unspecified atom stereocenters. The van der Waals surface area contributed by atoms with Crippen molar-refractivity contribution in [3.05, 3.63) is 0 Å². The Kier molecular flexibility index (Phi) is 4.58. The molecule has 0 amide bonds. The molecule has 0 bridgehead atoms. The monoisotopic (exact) mass is 292 g/mol. The van der Waals surface area contributed by atoms with Gasteiger partial charge in [0.2, 0.25) is 0 Å². The van der Waals surface area contributed by atoms with Crippen molar-refractivity contribution in [1.82, 2.24) is 0 Å². The molecule has 0 atom stereocenters. The van der Waals surface area contributed by atoms with Gasteiger partial charge in [-0.05, 0) is 0 Å². The summed E-state index contributed by atoms with van der Waals surface area (Å²) in [5.74, 6) is 0. The molecule has 10 heteroatoms. The van der Waals surface area contributed by atoms with Crippen molar-refractivity contribution >= 4 is 0 Å². The van der Waals surface area contributed by atoms with Crippen molar-refractivity contribution in [2.45, 2.75) is 19.3 Å². The molecule has 2 fully saturated rings. The smallest absolute Gasteiger partial charge is 0.329 e. The maximum Gasteiger partial charge on any atom is 0.526 e. The molecule has 0 aromatic carbocycles. The van der Waals surface area contributed by atoms with E-state index in [9.17, 15) is 17.6 Å². The van der Waals surface area contributed by atoms with Crippen molar-refractivity contribution in [1.29, 1.82) is 0 Å². The van der Waals surface area contributed by atoms with E-state index in [1.807, 2.05) is 0 Å². The van der Waals surface area contributed by atoms with E-state index in [-0.39, 0.29) is 26.4 Å². The molecular weight excluding hydrogens is 280 g/mol. The zero-order valence-corrected chi connectivity index (χ0v) is 9.65. The Balaban J connectivity index is 1.77. The Morgan fingerprint density at radius 3 is 1.84 bits per heavy atom.